The molecule has 0 atom stereocenters. The molecule has 15 heavy (non-hydrogen) atoms. The van der Waals surface area contributed by atoms with Crippen LogP contribution >= 0.6 is 11.8 Å². The van der Waals surface area contributed by atoms with Crippen molar-refractivity contribution >= 4 is 17.7 Å². The highest BCUT2D eigenvalue weighted by Gasteiger charge is 2.13. The molecule has 1 aromatic rings. The summed E-state index contributed by atoms with van der Waals surface area (Å²) < 4.78 is 4.85. The number of aromatic nitrogens is 1. The minimum atomic E-state index is -1.07. The second kappa shape index (κ2) is 4.67. The van der Waals surface area contributed by atoms with Crippen LogP contribution in [0.3, 0.4) is 0 Å². The fourth-order valence-corrected chi connectivity index (χ4v) is 1.86. The fraction of sp³-hybridized carbons (Fsp3) is 0.556. The molecule has 0 aromatic carbocycles. The van der Waals surface area contributed by atoms with E-state index in [9.17, 15) is 4.79 Å². The lowest BCUT2D eigenvalue weighted by atomic mass is 10.1. The maximum absolute atomic E-state index is 10.5. The van der Waals surface area contributed by atoms with Gasteiger partial charge in [0.2, 0.25) is 0 Å². The Morgan fingerprint density at radius 3 is 2.87 bits per heavy atom. The van der Waals surface area contributed by atoms with E-state index in [1.54, 1.807) is 11.8 Å². The molecule has 0 saturated heterocycles. The van der Waals surface area contributed by atoms with E-state index in [0.29, 0.717) is 11.5 Å². The summed E-state index contributed by atoms with van der Waals surface area (Å²) in [6.45, 7) is 3.87. The van der Waals surface area contributed by atoms with E-state index in [4.69, 9.17) is 15.4 Å². The predicted molar refractivity (Wildman–Crippen MR) is 57.9 cm³/mol. The zero-order chi connectivity index (χ0) is 11.5. The Morgan fingerprint density at radius 1 is 1.73 bits per heavy atom. The summed E-state index contributed by atoms with van der Waals surface area (Å²) in [4.78, 5) is 10.5. The summed E-state index contributed by atoms with van der Waals surface area (Å²) in [7, 11) is 0. The first-order valence-electron chi connectivity index (χ1n) is 4.44. The lowest BCUT2D eigenvalue weighted by Gasteiger charge is -2.16. The van der Waals surface area contributed by atoms with Gasteiger partial charge in [0.05, 0.1) is 5.75 Å². The first kappa shape index (κ1) is 12.1. The number of hydrogen-bond donors (Lipinski definition) is 2. The third kappa shape index (κ3) is 4.35. The van der Waals surface area contributed by atoms with Gasteiger partial charge in [-0.3, -0.25) is 0 Å². The lowest BCUT2D eigenvalue weighted by molar-refractivity contribution is 0.0685. The van der Waals surface area contributed by atoms with E-state index < -0.39 is 5.97 Å². The van der Waals surface area contributed by atoms with Gasteiger partial charge in [0.25, 0.3) is 0 Å². The Kier molecular flexibility index (Phi) is 3.76. The number of hydrogen-bond acceptors (Lipinski definition) is 5. The van der Waals surface area contributed by atoms with Crippen molar-refractivity contribution in [3.05, 3.63) is 17.5 Å². The van der Waals surface area contributed by atoms with E-state index in [1.807, 2.05) is 13.8 Å². The Labute approximate surface area is 92.0 Å². The second-order valence-corrected chi connectivity index (χ2v) is 4.95. The maximum atomic E-state index is 10.5. The van der Waals surface area contributed by atoms with Crippen LogP contribution in [0.5, 0.6) is 0 Å². The highest BCUT2D eigenvalue weighted by molar-refractivity contribution is 7.98. The van der Waals surface area contributed by atoms with Crippen LogP contribution in [0.1, 0.15) is 30.1 Å². The van der Waals surface area contributed by atoms with Crippen LogP contribution in [-0.4, -0.2) is 27.5 Å². The second-order valence-electron chi connectivity index (χ2n) is 3.96. The molecule has 1 heterocycles. The zero-order valence-electron chi connectivity index (χ0n) is 8.69. The molecule has 0 amide bonds. The van der Waals surface area contributed by atoms with E-state index in [1.165, 1.54) is 6.07 Å². The summed E-state index contributed by atoms with van der Waals surface area (Å²) in [5.41, 5.74) is 5.50. The van der Waals surface area contributed by atoms with E-state index in [0.717, 1.165) is 5.75 Å². The Balaban J connectivity index is 2.41. The molecule has 0 radical (unpaired) electrons. The van der Waals surface area contributed by atoms with Gasteiger partial charge in [-0.15, -0.1) is 0 Å². The average molecular weight is 230 g/mol. The van der Waals surface area contributed by atoms with Crippen molar-refractivity contribution < 1.29 is 14.4 Å². The SMILES string of the molecule is CC(C)(N)CSCc1cc(C(=O)O)no1. The Morgan fingerprint density at radius 2 is 2.40 bits per heavy atom. The maximum Gasteiger partial charge on any atom is 0.358 e. The number of nitrogens with two attached hydrogens (primary N) is 1. The molecule has 3 N–H and O–H groups in total. The molecular formula is C9H14N2O3S. The standard InChI is InChI=1S/C9H14N2O3S/c1-9(2,10)5-15-4-6-3-7(8(12)13)11-14-6/h3H,4-5,10H2,1-2H3,(H,12,13). The van der Waals surface area contributed by atoms with Crippen LogP contribution in [0.25, 0.3) is 0 Å². The van der Waals surface area contributed by atoms with Gasteiger partial charge in [-0.25, -0.2) is 4.79 Å². The minimum Gasteiger partial charge on any atom is -0.476 e. The summed E-state index contributed by atoms with van der Waals surface area (Å²) in [5.74, 6) is 0.840. The molecule has 1 rings (SSSR count). The number of rotatable bonds is 5. The molecule has 1 aromatic heterocycles. The summed E-state index contributed by atoms with van der Waals surface area (Å²) in [5, 5.41) is 12.0. The highest BCUT2D eigenvalue weighted by atomic mass is 32.2. The van der Waals surface area contributed by atoms with Crippen molar-refractivity contribution in [2.24, 2.45) is 5.73 Å². The van der Waals surface area contributed by atoms with Gasteiger partial charge in [0, 0.05) is 17.4 Å². The van der Waals surface area contributed by atoms with Gasteiger partial charge >= 0.3 is 5.97 Å². The number of carboxylic acid groups (broad SMARTS) is 1. The number of thioether (sulfide) groups is 1. The van der Waals surface area contributed by atoms with Crippen molar-refractivity contribution in [1.29, 1.82) is 0 Å². The Bertz CT molecular complexity index is 343. The van der Waals surface area contributed by atoms with Crippen LogP contribution in [0.4, 0.5) is 0 Å². The normalized spacial score (nSPS) is 11.7. The van der Waals surface area contributed by atoms with Crippen LogP contribution in [-0.2, 0) is 5.75 Å². The van der Waals surface area contributed by atoms with Gasteiger partial charge in [-0.1, -0.05) is 5.16 Å². The van der Waals surface area contributed by atoms with E-state index in [2.05, 4.69) is 5.16 Å². The third-order valence-corrected chi connectivity index (χ3v) is 2.93. The first-order chi connectivity index (χ1) is 6.88. The molecule has 0 spiro atoms. The monoisotopic (exact) mass is 230 g/mol. The van der Waals surface area contributed by atoms with Crippen LogP contribution < -0.4 is 5.73 Å². The molecule has 0 unspecified atom stereocenters. The van der Waals surface area contributed by atoms with Crippen LogP contribution in [0, 0.1) is 0 Å². The topological polar surface area (TPSA) is 89.4 Å². The largest absolute Gasteiger partial charge is 0.476 e. The van der Waals surface area contributed by atoms with Crippen molar-refractivity contribution in [3.63, 3.8) is 0 Å². The zero-order valence-corrected chi connectivity index (χ0v) is 9.50. The van der Waals surface area contributed by atoms with Crippen molar-refractivity contribution in [1.82, 2.24) is 5.16 Å². The molecular weight excluding hydrogens is 216 g/mol. The predicted octanol–water partition coefficient (Wildman–Crippen LogP) is 1.34. The fourth-order valence-electron chi connectivity index (χ4n) is 0.896. The molecule has 6 heteroatoms. The van der Waals surface area contributed by atoms with Crippen LogP contribution in [0.2, 0.25) is 0 Å². The number of carbonyl (C=O) groups is 1. The molecule has 5 nitrogen and oxygen atoms in total. The van der Waals surface area contributed by atoms with E-state index in [-0.39, 0.29) is 11.2 Å². The van der Waals surface area contributed by atoms with Crippen molar-refractivity contribution in [3.8, 4) is 0 Å². The van der Waals surface area contributed by atoms with E-state index >= 15 is 0 Å². The molecule has 0 aliphatic carbocycles. The van der Waals surface area contributed by atoms with Gasteiger partial charge in [0.15, 0.2) is 5.69 Å². The third-order valence-electron chi connectivity index (χ3n) is 1.50. The van der Waals surface area contributed by atoms with Gasteiger partial charge in [-0.05, 0) is 13.8 Å². The summed E-state index contributed by atoms with van der Waals surface area (Å²) in [6, 6.07) is 1.43. The summed E-state index contributed by atoms with van der Waals surface area (Å²) in [6.07, 6.45) is 0. The van der Waals surface area contributed by atoms with Gasteiger partial charge in [0.1, 0.15) is 5.76 Å². The highest BCUT2D eigenvalue weighted by Crippen LogP contribution is 2.17. The minimum absolute atomic E-state index is 0.0578. The molecule has 84 valence electrons. The quantitative estimate of drug-likeness (QED) is 0.793. The molecule has 0 bridgehead atoms. The number of carboxylic acids is 1. The molecule has 0 aliphatic heterocycles. The lowest BCUT2D eigenvalue weighted by Crippen LogP contribution is -2.34. The number of aromatic carboxylic acids is 1. The first-order valence-corrected chi connectivity index (χ1v) is 5.59. The number of nitrogens with zero attached hydrogens (tertiary/aromatic N) is 1. The molecule has 0 aliphatic rings. The van der Waals surface area contributed by atoms with Crippen molar-refractivity contribution in [2.75, 3.05) is 5.75 Å². The average Bonchev–Trinajstić information content (AvgIpc) is 2.50. The summed E-state index contributed by atoms with van der Waals surface area (Å²) >= 11 is 1.59. The van der Waals surface area contributed by atoms with Gasteiger partial charge < -0.3 is 15.4 Å². The van der Waals surface area contributed by atoms with Crippen LogP contribution in [0.15, 0.2) is 10.6 Å². The van der Waals surface area contributed by atoms with Crippen molar-refractivity contribution in [2.45, 2.75) is 25.1 Å². The Hall–Kier alpha value is -1.01. The smallest absolute Gasteiger partial charge is 0.358 e. The molecule has 0 fully saturated rings. The van der Waals surface area contributed by atoms with Gasteiger partial charge in [-0.2, -0.15) is 11.8 Å². The molecule has 0 saturated carbocycles.